The first-order valence-electron chi connectivity index (χ1n) is 10.0. The van der Waals surface area contributed by atoms with E-state index in [1.54, 1.807) is 19.1 Å². The Hall–Kier alpha value is -2.84. The first-order chi connectivity index (χ1) is 13.3. The van der Waals surface area contributed by atoms with E-state index in [2.05, 4.69) is 24.4 Å². The molecule has 1 N–H and O–H groups in total. The summed E-state index contributed by atoms with van der Waals surface area (Å²) in [4.78, 5) is 11.9. The maximum absolute atomic E-state index is 11.9. The molecule has 28 heavy (non-hydrogen) atoms. The van der Waals surface area contributed by atoms with Crippen molar-refractivity contribution in [2.75, 3.05) is 0 Å². The summed E-state index contributed by atoms with van der Waals surface area (Å²) in [6, 6.07) is 9.71. The second-order valence-electron chi connectivity index (χ2n) is 9.33. The molecule has 0 aliphatic heterocycles. The third-order valence-electron chi connectivity index (χ3n) is 7.48. The largest absolute Gasteiger partial charge is 0.351 e. The Morgan fingerprint density at radius 2 is 1.61 bits per heavy atom. The van der Waals surface area contributed by atoms with Crippen LogP contribution in [0.4, 0.5) is 0 Å². The van der Waals surface area contributed by atoms with E-state index in [0.29, 0.717) is 23.0 Å². The lowest BCUT2D eigenvalue weighted by Gasteiger charge is -2.64. The van der Waals surface area contributed by atoms with Crippen LogP contribution in [0.1, 0.15) is 80.5 Å². The molecule has 0 saturated heterocycles. The van der Waals surface area contributed by atoms with Gasteiger partial charge in [0, 0.05) is 12.5 Å². The SMILES string of the molecule is CC(=O)NC12C[C@H]3C[C@@H](C1)CC(C(C)c1cc(C#N)c(C#N)cc1C#N)(C3)C2. The molecule has 5 atom stereocenters. The van der Waals surface area contributed by atoms with Crippen molar-refractivity contribution in [3.63, 3.8) is 0 Å². The topological polar surface area (TPSA) is 100 Å². The van der Waals surface area contributed by atoms with E-state index >= 15 is 0 Å². The van der Waals surface area contributed by atoms with Gasteiger partial charge in [-0.15, -0.1) is 0 Å². The summed E-state index contributed by atoms with van der Waals surface area (Å²) in [6.07, 6.45) is 6.49. The first-order valence-corrected chi connectivity index (χ1v) is 10.0. The molecule has 4 fully saturated rings. The quantitative estimate of drug-likeness (QED) is 0.870. The van der Waals surface area contributed by atoms with Crippen LogP contribution in [0.2, 0.25) is 0 Å². The lowest BCUT2D eigenvalue weighted by molar-refractivity contribution is -0.130. The molecule has 3 unspecified atom stereocenters. The van der Waals surface area contributed by atoms with Crippen molar-refractivity contribution < 1.29 is 4.79 Å². The van der Waals surface area contributed by atoms with E-state index in [9.17, 15) is 20.6 Å². The van der Waals surface area contributed by atoms with Crippen LogP contribution < -0.4 is 5.32 Å². The van der Waals surface area contributed by atoms with E-state index in [0.717, 1.165) is 37.7 Å². The molecule has 0 spiro atoms. The van der Waals surface area contributed by atoms with Gasteiger partial charge < -0.3 is 5.32 Å². The molecule has 0 aromatic heterocycles. The van der Waals surface area contributed by atoms with E-state index in [1.807, 2.05) is 6.07 Å². The normalized spacial score (nSPS) is 33.4. The van der Waals surface area contributed by atoms with Gasteiger partial charge in [0.15, 0.2) is 0 Å². The number of benzene rings is 1. The Kier molecular flexibility index (Phi) is 4.20. The minimum Gasteiger partial charge on any atom is -0.351 e. The minimum atomic E-state index is -0.123. The van der Waals surface area contributed by atoms with Crippen molar-refractivity contribution in [2.45, 2.75) is 63.8 Å². The van der Waals surface area contributed by atoms with Gasteiger partial charge in [-0.05, 0) is 79.4 Å². The number of hydrogen-bond donors (Lipinski definition) is 1. The van der Waals surface area contributed by atoms with Gasteiger partial charge in [-0.3, -0.25) is 4.79 Å². The van der Waals surface area contributed by atoms with Gasteiger partial charge in [-0.2, -0.15) is 15.8 Å². The fourth-order valence-corrected chi connectivity index (χ4v) is 6.95. The number of amides is 1. The lowest BCUT2D eigenvalue weighted by atomic mass is 9.43. The average Bonchev–Trinajstić information content (AvgIpc) is 2.64. The van der Waals surface area contributed by atoms with Gasteiger partial charge >= 0.3 is 0 Å². The van der Waals surface area contributed by atoms with Crippen LogP contribution in [0.5, 0.6) is 0 Å². The fraction of sp³-hybridized carbons (Fsp3) is 0.565. The number of nitrogens with one attached hydrogen (secondary N) is 1. The molecule has 1 aromatic carbocycles. The number of carbonyl (C=O) groups is 1. The summed E-state index contributed by atoms with van der Waals surface area (Å²) in [7, 11) is 0. The summed E-state index contributed by atoms with van der Waals surface area (Å²) in [5.41, 5.74) is 1.87. The highest BCUT2D eigenvalue weighted by Crippen LogP contribution is 2.66. The smallest absolute Gasteiger partial charge is 0.217 e. The van der Waals surface area contributed by atoms with E-state index < -0.39 is 0 Å². The number of rotatable bonds is 3. The second-order valence-corrected chi connectivity index (χ2v) is 9.33. The molecule has 5 rings (SSSR count). The molecule has 0 radical (unpaired) electrons. The molecular formula is C23H24N4O. The number of hydrogen-bond acceptors (Lipinski definition) is 4. The Morgan fingerprint density at radius 3 is 2.14 bits per heavy atom. The molecular weight excluding hydrogens is 348 g/mol. The highest BCUT2D eigenvalue weighted by molar-refractivity contribution is 5.74. The molecule has 5 nitrogen and oxygen atoms in total. The standard InChI is InChI=1S/C23H24N4O/c1-14(21-5-19(11-25)18(10-24)4-20(21)12-26)22-6-16-3-17(7-22)9-23(8-16,13-22)27-15(2)28/h4-5,14,16-17H,3,6-9,13H2,1-2H3,(H,27,28)/t14?,16-,17+,22?,23?. The maximum atomic E-state index is 11.9. The summed E-state index contributed by atoms with van der Waals surface area (Å²) in [5.74, 6) is 1.35. The van der Waals surface area contributed by atoms with Gasteiger partial charge in [0.2, 0.25) is 5.91 Å². The van der Waals surface area contributed by atoms with E-state index in [4.69, 9.17) is 0 Å². The molecule has 4 aliphatic rings. The van der Waals surface area contributed by atoms with Crippen LogP contribution in [0.15, 0.2) is 12.1 Å². The van der Waals surface area contributed by atoms with Gasteiger partial charge in [0.25, 0.3) is 0 Å². The highest BCUT2D eigenvalue weighted by Gasteiger charge is 2.59. The van der Waals surface area contributed by atoms with Crippen molar-refractivity contribution in [3.8, 4) is 18.2 Å². The molecule has 4 saturated carbocycles. The van der Waals surface area contributed by atoms with Crippen molar-refractivity contribution in [2.24, 2.45) is 17.3 Å². The van der Waals surface area contributed by atoms with Gasteiger partial charge in [0.05, 0.1) is 22.8 Å². The number of carbonyl (C=O) groups excluding carboxylic acids is 1. The number of nitrogens with zero attached hydrogens (tertiary/aromatic N) is 3. The van der Waals surface area contributed by atoms with Crippen LogP contribution in [-0.4, -0.2) is 11.4 Å². The van der Waals surface area contributed by atoms with Crippen molar-refractivity contribution in [1.82, 2.24) is 5.32 Å². The third-order valence-corrected chi connectivity index (χ3v) is 7.48. The first kappa shape index (κ1) is 18.5. The van der Waals surface area contributed by atoms with Crippen LogP contribution in [0.25, 0.3) is 0 Å². The van der Waals surface area contributed by atoms with Crippen molar-refractivity contribution in [1.29, 1.82) is 15.8 Å². The Morgan fingerprint density at radius 1 is 1.04 bits per heavy atom. The van der Waals surface area contributed by atoms with E-state index in [1.165, 1.54) is 6.42 Å². The highest BCUT2D eigenvalue weighted by atomic mass is 16.1. The summed E-state index contributed by atoms with van der Waals surface area (Å²) in [6.45, 7) is 3.76. The molecule has 4 bridgehead atoms. The Balaban J connectivity index is 1.77. The molecule has 1 amide bonds. The fourth-order valence-electron chi connectivity index (χ4n) is 6.95. The Bertz CT molecular complexity index is 960. The van der Waals surface area contributed by atoms with Crippen LogP contribution >= 0.6 is 0 Å². The van der Waals surface area contributed by atoms with Crippen molar-refractivity contribution in [3.05, 3.63) is 34.4 Å². The average molecular weight is 372 g/mol. The molecule has 4 aliphatic carbocycles. The molecule has 142 valence electrons. The maximum Gasteiger partial charge on any atom is 0.217 e. The van der Waals surface area contributed by atoms with Crippen molar-refractivity contribution >= 4 is 5.91 Å². The predicted octanol–water partition coefficient (Wildman–Crippen LogP) is 3.88. The molecule has 1 aromatic rings. The number of nitriles is 3. The van der Waals surface area contributed by atoms with Crippen LogP contribution in [0, 0.1) is 51.2 Å². The lowest BCUT2D eigenvalue weighted by Crippen LogP contribution is -2.63. The zero-order valence-electron chi connectivity index (χ0n) is 16.4. The zero-order chi connectivity index (χ0) is 20.1. The van der Waals surface area contributed by atoms with Gasteiger partial charge in [-0.1, -0.05) is 6.92 Å². The van der Waals surface area contributed by atoms with Crippen LogP contribution in [-0.2, 0) is 4.79 Å². The minimum absolute atomic E-state index is 0.0268. The zero-order valence-corrected chi connectivity index (χ0v) is 16.4. The molecule has 5 heteroatoms. The van der Waals surface area contributed by atoms with Gasteiger partial charge in [-0.25, -0.2) is 0 Å². The monoisotopic (exact) mass is 372 g/mol. The summed E-state index contributed by atoms with van der Waals surface area (Å²) < 4.78 is 0. The Labute approximate surface area is 166 Å². The summed E-state index contributed by atoms with van der Waals surface area (Å²) >= 11 is 0. The van der Waals surface area contributed by atoms with E-state index in [-0.39, 0.29) is 28.3 Å². The molecule has 0 heterocycles. The van der Waals surface area contributed by atoms with Crippen LogP contribution in [0.3, 0.4) is 0 Å². The predicted molar refractivity (Wildman–Crippen MR) is 103 cm³/mol. The third kappa shape index (κ3) is 2.76. The second kappa shape index (κ2) is 6.35. The van der Waals surface area contributed by atoms with Gasteiger partial charge in [0.1, 0.15) is 12.1 Å². The summed E-state index contributed by atoms with van der Waals surface area (Å²) in [5, 5.41) is 31.7.